The van der Waals surface area contributed by atoms with Crippen molar-refractivity contribution in [2.75, 3.05) is 0 Å². The SMILES string of the molecule is N#Cc1ccc(/C=C/C(=O)O[C@@H](C(=O)NC2CC2)c2ccccc2)cc1. The van der Waals surface area contributed by atoms with Gasteiger partial charge in [0.05, 0.1) is 11.6 Å². The highest BCUT2D eigenvalue weighted by Gasteiger charge is 2.30. The first-order valence-corrected chi connectivity index (χ1v) is 8.40. The van der Waals surface area contributed by atoms with E-state index in [1.54, 1.807) is 54.6 Å². The Morgan fingerprint density at radius 3 is 2.42 bits per heavy atom. The summed E-state index contributed by atoms with van der Waals surface area (Å²) in [5, 5.41) is 11.7. The van der Waals surface area contributed by atoms with Crippen LogP contribution < -0.4 is 5.32 Å². The van der Waals surface area contributed by atoms with Crippen LogP contribution >= 0.6 is 0 Å². The Balaban J connectivity index is 1.68. The van der Waals surface area contributed by atoms with Gasteiger partial charge in [0, 0.05) is 17.7 Å². The predicted molar refractivity (Wildman–Crippen MR) is 96.6 cm³/mol. The Kier molecular flexibility index (Phi) is 5.45. The predicted octanol–water partition coefficient (Wildman–Crippen LogP) is 3.13. The standard InChI is InChI=1S/C21H18N2O3/c22-14-16-8-6-15(7-9-16)10-13-19(24)26-20(17-4-2-1-3-5-17)21(25)23-18-11-12-18/h1-10,13,18,20H,11-12H2,(H,23,25)/b13-10+/t20-/m1/s1. The smallest absolute Gasteiger partial charge is 0.331 e. The summed E-state index contributed by atoms with van der Waals surface area (Å²) < 4.78 is 5.40. The van der Waals surface area contributed by atoms with Gasteiger partial charge in [-0.25, -0.2) is 4.79 Å². The molecule has 0 aliphatic heterocycles. The van der Waals surface area contributed by atoms with E-state index in [-0.39, 0.29) is 11.9 Å². The maximum atomic E-state index is 12.4. The number of ether oxygens (including phenoxy) is 1. The van der Waals surface area contributed by atoms with Crippen molar-refractivity contribution in [3.05, 3.63) is 77.4 Å². The Hall–Kier alpha value is -3.39. The summed E-state index contributed by atoms with van der Waals surface area (Å²) in [7, 11) is 0. The van der Waals surface area contributed by atoms with Crippen LogP contribution in [0.15, 0.2) is 60.7 Å². The second-order valence-corrected chi connectivity index (χ2v) is 6.08. The molecule has 1 aliphatic carbocycles. The van der Waals surface area contributed by atoms with Crippen molar-refractivity contribution < 1.29 is 14.3 Å². The van der Waals surface area contributed by atoms with Gasteiger partial charge in [-0.15, -0.1) is 0 Å². The topological polar surface area (TPSA) is 79.2 Å². The molecule has 5 heteroatoms. The molecule has 5 nitrogen and oxygen atoms in total. The normalized spacial score (nSPS) is 14.4. The molecular formula is C21H18N2O3. The largest absolute Gasteiger partial charge is 0.444 e. The maximum absolute atomic E-state index is 12.4. The second kappa shape index (κ2) is 8.13. The van der Waals surface area contributed by atoms with E-state index in [9.17, 15) is 9.59 Å². The van der Waals surface area contributed by atoms with E-state index < -0.39 is 12.1 Å². The summed E-state index contributed by atoms with van der Waals surface area (Å²) in [6.45, 7) is 0. The molecule has 26 heavy (non-hydrogen) atoms. The first-order valence-electron chi connectivity index (χ1n) is 8.40. The highest BCUT2D eigenvalue weighted by molar-refractivity contribution is 5.91. The van der Waals surface area contributed by atoms with Crippen LogP contribution in [0.3, 0.4) is 0 Å². The van der Waals surface area contributed by atoms with Gasteiger partial charge >= 0.3 is 5.97 Å². The Morgan fingerprint density at radius 2 is 1.81 bits per heavy atom. The third-order valence-corrected chi connectivity index (χ3v) is 3.95. The van der Waals surface area contributed by atoms with Gasteiger partial charge in [-0.1, -0.05) is 42.5 Å². The number of hydrogen-bond donors (Lipinski definition) is 1. The van der Waals surface area contributed by atoms with Crippen molar-refractivity contribution in [2.45, 2.75) is 25.0 Å². The molecule has 0 radical (unpaired) electrons. The molecule has 0 spiro atoms. The summed E-state index contributed by atoms with van der Waals surface area (Å²) in [6.07, 6.45) is 3.81. The van der Waals surface area contributed by atoms with Gasteiger partial charge < -0.3 is 10.1 Å². The first kappa shape index (κ1) is 17.4. The number of hydrogen-bond acceptors (Lipinski definition) is 4. The first-order chi connectivity index (χ1) is 12.7. The van der Waals surface area contributed by atoms with E-state index in [1.165, 1.54) is 6.08 Å². The molecule has 0 unspecified atom stereocenters. The molecule has 1 amide bonds. The maximum Gasteiger partial charge on any atom is 0.331 e. The lowest BCUT2D eigenvalue weighted by Gasteiger charge is -2.17. The number of rotatable bonds is 6. The minimum absolute atomic E-state index is 0.182. The molecule has 1 fully saturated rings. The van der Waals surface area contributed by atoms with E-state index in [0.717, 1.165) is 18.4 Å². The van der Waals surface area contributed by atoms with Crippen LogP contribution in [0.4, 0.5) is 0 Å². The molecule has 1 aliphatic rings. The van der Waals surface area contributed by atoms with Gasteiger partial charge in [0.1, 0.15) is 0 Å². The molecule has 2 aromatic carbocycles. The molecule has 1 N–H and O–H groups in total. The van der Waals surface area contributed by atoms with Gasteiger partial charge in [0.15, 0.2) is 0 Å². The van der Waals surface area contributed by atoms with Crippen LogP contribution in [-0.4, -0.2) is 17.9 Å². The number of carbonyl (C=O) groups is 2. The van der Waals surface area contributed by atoms with Gasteiger partial charge in [0.25, 0.3) is 5.91 Å². The number of benzene rings is 2. The van der Waals surface area contributed by atoms with Crippen LogP contribution in [0.5, 0.6) is 0 Å². The Morgan fingerprint density at radius 1 is 1.12 bits per heavy atom. The molecule has 0 aromatic heterocycles. The fourth-order valence-corrected chi connectivity index (χ4v) is 2.39. The van der Waals surface area contributed by atoms with Gasteiger partial charge in [-0.2, -0.15) is 5.26 Å². The Labute approximate surface area is 151 Å². The van der Waals surface area contributed by atoms with Crippen LogP contribution in [0.2, 0.25) is 0 Å². The van der Waals surface area contributed by atoms with Gasteiger partial charge in [-0.3, -0.25) is 4.79 Å². The zero-order chi connectivity index (χ0) is 18.4. The lowest BCUT2D eigenvalue weighted by atomic mass is 10.1. The Bertz CT molecular complexity index is 847. The van der Waals surface area contributed by atoms with Crippen LogP contribution in [0.1, 0.15) is 35.6 Å². The molecule has 130 valence electrons. The number of nitriles is 1. The number of nitrogens with one attached hydrogen (secondary N) is 1. The number of amides is 1. The van der Waals surface area contributed by atoms with Crippen molar-refractivity contribution in [1.29, 1.82) is 5.26 Å². The lowest BCUT2D eigenvalue weighted by Crippen LogP contribution is -2.33. The molecule has 1 atom stereocenters. The van der Waals surface area contributed by atoms with E-state index in [4.69, 9.17) is 10.00 Å². The third kappa shape index (κ3) is 4.81. The molecule has 2 aromatic rings. The number of esters is 1. The molecule has 1 saturated carbocycles. The molecule has 0 saturated heterocycles. The fourth-order valence-electron chi connectivity index (χ4n) is 2.39. The van der Waals surface area contributed by atoms with E-state index in [2.05, 4.69) is 5.32 Å². The van der Waals surface area contributed by atoms with Gasteiger partial charge in [-0.05, 0) is 36.6 Å². The van der Waals surface area contributed by atoms with Gasteiger partial charge in [0.2, 0.25) is 6.10 Å². The quantitative estimate of drug-likeness (QED) is 0.644. The molecular weight excluding hydrogens is 328 g/mol. The van der Waals surface area contributed by atoms with Crippen molar-refractivity contribution in [2.24, 2.45) is 0 Å². The van der Waals surface area contributed by atoms with Crippen molar-refractivity contribution in [1.82, 2.24) is 5.32 Å². The second-order valence-electron chi connectivity index (χ2n) is 6.08. The molecule has 3 rings (SSSR count). The summed E-state index contributed by atoms with van der Waals surface area (Å²) in [5.74, 6) is -0.909. The summed E-state index contributed by atoms with van der Waals surface area (Å²) >= 11 is 0. The monoisotopic (exact) mass is 346 g/mol. The van der Waals surface area contributed by atoms with Crippen LogP contribution in [-0.2, 0) is 14.3 Å². The van der Waals surface area contributed by atoms with Crippen LogP contribution in [0, 0.1) is 11.3 Å². The van der Waals surface area contributed by atoms with Crippen LogP contribution in [0.25, 0.3) is 6.08 Å². The van der Waals surface area contributed by atoms with Crippen molar-refractivity contribution >= 4 is 18.0 Å². The minimum atomic E-state index is -0.977. The van der Waals surface area contributed by atoms with Crippen molar-refractivity contribution in [3.8, 4) is 6.07 Å². The molecule has 0 heterocycles. The number of nitrogens with zero attached hydrogens (tertiary/aromatic N) is 1. The highest BCUT2D eigenvalue weighted by Crippen LogP contribution is 2.23. The fraction of sp³-hybridized carbons (Fsp3) is 0.190. The van der Waals surface area contributed by atoms with E-state index in [0.29, 0.717) is 11.1 Å². The number of carbonyl (C=O) groups excluding carboxylic acids is 2. The van der Waals surface area contributed by atoms with E-state index in [1.807, 2.05) is 12.1 Å². The average molecular weight is 346 g/mol. The summed E-state index contributed by atoms with van der Waals surface area (Å²) in [4.78, 5) is 24.6. The van der Waals surface area contributed by atoms with E-state index >= 15 is 0 Å². The zero-order valence-corrected chi connectivity index (χ0v) is 14.1. The highest BCUT2D eigenvalue weighted by atomic mass is 16.5. The summed E-state index contributed by atoms with van der Waals surface area (Å²) in [5.41, 5.74) is 1.94. The summed E-state index contributed by atoms with van der Waals surface area (Å²) in [6, 6.07) is 18.0. The van der Waals surface area contributed by atoms with Crippen molar-refractivity contribution in [3.63, 3.8) is 0 Å². The average Bonchev–Trinajstić information content (AvgIpc) is 3.49. The molecule has 0 bridgehead atoms. The third-order valence-electron chi connectivity index (χ3n) is 3.95. The lowest BCUT2D eigenvalue weighted by molar-refractivity contribution is -0.151. The minimum Gasteiger partial charge on any atom is -0.444 e. The zero-order valence-electron chi connectivity index (χ0n) is 14.1.